The van der Waals surface area contributed by atoms with Crippen LogP contribution < -0.4 is 19.7 Å². The molecule has 0 unspecified atom stereocenters. The Morgan fingerprint density at radius 2 is 1.67 bits per heavy atom. The number of carbonyl (C=O) groups excluding carboxylic acids is 2. The molecule has 0 saturated carbocycles. The van der Waals surface area contributed by atoms with Crippen molar-refractivity contribution in [3.63, 3.8) is 0 Å². The number of nitrogens with zero attached hydrogens (tertiary/aromatic N) is 4. The Bertz CT molecular complexity index is 1410. The van der Waals surface area contributed by atoms with Crippen LogP contribution in [0.3, 0.4) is 0 Å². The number of ether oxygens (including phenoxy) is 2. The molecule has 230 valence electrons. The fraction of sp³-hybridized carbons (Fsp3) is 0.412. The highest BCUT2D eigenvalue weighted by molar-refractivity contribution is 5.86. The first-order valence-corrected chi connectivity index (χ1v) is 14.8. The van der Waals surface area contributed by atoms with E-state index in [1.54, 1.807) is 13.1 Å². The standard InChI is InChI=1S/C20H23N3O2.C14H22N2O2/c1-20-11-12-22(2)18(20)23(3)17-10-9-15(13-16(17)20)25-19(24)21-14-7-5-4-6-8-14;1-6-16(5)14(17)18-13-9-7-8-12(10-13)11(2)15(3)4/h4-10,13,18H,11-12H2,1-3H3,(H,21,24);7-11H,6H2,1-5H3/t18-,20+;11-/m00/s1. The van der Waals surface area contributed by atoms with E-state index >= 15 is 0 Å². The molecule has 3 atom stereocenters. The summed E-state index contributed by atoms with van der Waals surface area (Å²) in [5.41, 5.74) is 4.39. The van der Waals surface area contributed by atoms with E-state index in [-0.39, 0.29) is 17.6 Å². The highest BCUT2D eigenvalue weighted by atomic mass is 16.6. The topological polar surface area (TPSA) is 77.6 Å². The second-order valence-corrected chi connectivity index (χ2v) is 11.8. The number of amides is 2. The minimum atomic E-state index is -0.470. The molecule has 9 heteroatoms. The van der Waals surface area contributed by atoms with Gasteiger partial charge in [0.15, 0.2) is 0 Å². The van der Waals surface area contributed by atoms with Crippen LogP contribution in [0.1, 0.15) is 44.4 Å². The van der Waals surface area contributed by atoms with E-state index in [9.17, 15) is 9.59 Å². The maximum Gasteiger partial charge on any atom is 0.417 e. The number of likely N-dealkylation sites (N-methyl/N-ethyl adjacent to an activating group) is 2. The van der Waals surface area contributed by atoms with Crippen molar-refractivity contribution in [1.82, 2.24) is 14.7 Å². The number of rotatable bonds is 6. The molecule has 1 saturated heterocycles. The largest absolute Gasteiger partial charge is 0.417 e. The predicted molar refractivity (Wildman–Crippen MR) is 172 cm³/mol. The van der Waals surface area contributed by atoms with E-state index in [1.807, 2.05) is 81.7 Å². The number of benzene rings is 3. The second-order valence-electron chi connectivity index (χ2n) is 11.8. The first kappa shape index (κ1) is 31.8. The quantitative estimate of drug-likeness (QED) is 0.356. The molecule has 5 rings (SSSR count). The van der Waals surface area contributed by atoms with Crippen molar-refractivity contribution in [2.45, 2.75) is 44.8 Å². The van der Waals surface area contributed by atoms with Gasteiger partial charge in [0.25, 0.3) is 0 Å². The Morgan fingerprint density at radius 1 is 0.977 bits per heavy atom. The maximum atomic E-state index is 12.2. The van der Waals surface area contributed by atoms with E-state index in [0.29, 0.717) is 24.2 Å². The van der Waals surface area contributed by atoms with Gasteiger partial charge in [-0.3, -0.25) is 10.2 Å². The first-order chi connectivity index (χ1) is 20.4. The Balaban J connectivity index is 0.000000209. The van der Waals surface area contributed by atoms with Gasteiger partial charge in [-0.2, -0.15) is 0 Å². The lowest BCUT2D eigenvalue weighted by Crippen LogP contribution is -2.45. The molecule has 0 aliphatic carbocycles. The third-order valence-electron chi connectivity index (χ3n) is 8.64. The van der Waals surface area contributed by atoms with Gasteiger partial charge in [-0.25, -0.2) is 9.59 Å². The summed E-state index contributed by atoms with van der Waals surface area (Å²) < 4.78 is 10.8. The van der Waals surface area contributed by atoms with Crippen molar-refractivity contribution in [3.05, 3.63) is 83.9 Å². The Morgan fingerprint density at radius 3 is 2.35 bits per heavy atom. The molecule has 0 aromatic heterocycles. The van der Waals surface area contributed by atoms with Crippen LogP contribution in [0.4, 0.5) is 21.0 Å². The summed E-state index contributed by atoms with van der Waals surface area (Å²) in [5, 5.41) is 2.75. The molecular formula is C34H45N5O4. The average molecular weight is 588 g/mol. The second kappa shape index (κ2) is 13.5. The smallest absolute Gasteiger partial charge is 0.410 e. The van der Waals surface area contributed by atoms with Crippen molar-refractivity contribution in [2.75, 3.05) is 58.5 Å². The summed E-state index contributed by atoms with van der Waals surface area (Å²) in [4.78, 5) is 32.2. The third kappa shape index (κ3) is 7.12. The molecule has 3 aromatic rings. The van der Waals surface area contributed by atoms with Crippen molar-refractivity contribution < 1.29 is 19.1 Å². The van der Waals surface area contributed by atoms with E-state index in [4.69, 9.17) is 9.47 Å². The van der Waals surface area contributed by atoms with Crippen LogP contribution in [0.25, 0.3) is 0 Å². The highest BCUT2D eigenvalue weighted by Gasteiger charge is 2.52. The highest BCUT2D eigenvalue weighted by Crippen LogP contribution is 2.51. The van der Waals surface area contributed by atoms with Gasteiger partial charge in [-0.15, -0.1) is 0 Å². The van der Waals surface area contributed by atoms with Gasteiger partial charge in [-0.1, -0.05) is 37.3 Å². The molecule has 9 nitrogen and oxygen atoms in total. The number of carbonyl (C=O) groups is 2. The minimum absolute atomic E-state index is 0.0636. The lowest BCUT2D eigenvalue weighted by Gasteiger charge is -2.32. The molecule has 0 bridgehead atoms. The summed E-state index contributed by atoms with van der Waals surface area (Å²) in [6.07, 6.45) is 0.663. The van der Waals surface area contributed by atoms with Gasteiger partial charge in [0, 0.05) is 50.0 Å². The molecule has 2 aliphatic rings. The number of hydrogen-bond donors (Lipinski definition) is 1. The molecule has 0 spiro atoms. The van der Waals surface area contributed by atoms with E-state index in [0.717, 1.165) is 24.2 Å². The van der Waals surface area contributed by atoms with Crippen molar-refractivity contribution >= 4 is 23.6 Å². The Labute approximate surface area is 256 Å². The zero-order valence-electron chi connectivity index (χ0n) is 26.6. The summed E-state index contributed by atoms with van der Waals surface area (Å²) >= 11 is 0. The lowest BCUT2D eigenvalue weighted by molar-refractivity contribution is 0.165. The van der Waals surface area contributed by atoms with E-state index in [2.05, 4.69) is 54.0 Å². The van der Waals surface area contributed by atoms with Gasteiger partial charge in [0.1, 0.15) is 11.5 Å². The molecule has 1 N–H and O–H groups in total. The van der Waals surface area contributed by atoms with Crippen LogP contribution in [0, 0.1) is 0 Å². The SMILES string of the molecule is CCN(C)C(=O)Oc1cccc([C@H](C)N(C)C)c1.CN1CC[C@]2(C)c3cc(OC(=O)Nc4ccccc4)ccc3N(C)[C@H]12. The number of anilines is 2. The Hall–Kier alpha value is -4.08. The van der Waals surface area contributed by atoms with Crippen LogP contribution in [0.5, 0.6) is 11.5 Å². The van der Waals surface area contributed by atoms with E-state index < -0.39 is 6.09 Å². The summed E-state index contributed by atoms with van der Waals surface area (Å²) in [6, 6.07) is 23.2. The molecule has 2 aliphatic heterocycles. The van der Waals surface area contributed by atoms with Gasteiger partial charge in [0.2, 0.25) is 0 Å². The fourth-order valence-electron chi connectivity index (χ4n) is 5.83. The number of nitrogens with one attached hydrogen (secondary N) is 1. The molecule has 3 aromatic carbocycles. The van der Waals surface area contributed by atoms with Crippen LogP contribution in [0.15, 0.2) is 72.8 Å². The van der Waals surface area contributed by atoms with Gasteiger partial charge < -0.3 is 24.2 Å². The minimum Gasteiger partial charge on any atom is -0.410 e. The maximum absolute atomic E-state index is 12.2. The first-order valence-electron chi connectivity index (χ1n) is 14.8. The van der Waals surface area contributed by atoms with Crippen LogP contribution in [-0.4, -0.2) is 81.4 Å². The normalized spacial score (nSPS) is 19.6. The summed E-state index contributed by atoms with van der Waals surface area (Å²) in [6.45, 7) is 8.03. The van der Waals surface area contributed by atoms with Crippen LogP contribution in [0.2, 0.25) is 0 Å². The van der Waals surface area contributed by atoms with Crippen molar-refractivity contribution in [3.8, 4) is 11.5 Å². The number of hydrogen-bond acceptors (Lipinski definition) is 7. The van der Waals surface area contributed by atoms with Crippen molar-refractivity contribution in [2.24, 2.45) is 0 Å². The van der Waals surface area contributed by atoms with Gasteiger partial charge in [-0.05, 0) is 95.0 Å². The summed E-state index contributed by atoms with van der Waals surface area (Å²) in [5.74, 6) is 1.17. The monoisotopic (exact) mass is 587 g/mol. The number of likely N-dealkylation sites (tertiary alicyclic amines) is 1. The fourth-order valence-corrected chi connectivity index (χ4v) is 5.83. The Kier molecular flexibility index (Phi) is 9.98. The van der Waals surface area contributed by atoms with Crippen LogP contribution >= 0.6 is 0 Å². The molecule has 1 fully saturated rings. The van der Waals surface area contributed by atoms with Gasteiger partial charge >= 0.3 is 12.2 Å². The summed E-state index contributed by atoms with van der Waals surface area (Å²) in [7, 11) is 10.1. The van der Waals surface area contributed by atoms with Crippen LogP contribution in [-0.2, 0) is 5.41 Å². The molecule has 0 radical (unpaired) electrons. The zero-order chi connectivity index (χ0) is 31.3. The molecule has 43 heavy (non-hydrogen) atoms. The number of para-hydroxylation sites is 1. The number of fused-ring (bicyclic) bond motifs is 3. The molecule has 2 amide bonds. The molecular weight excluding hydrogens is 542 g/mol. The van der Waals surface area contributed by atoms with Gasteiger partial charge in [0.05, 0.1) is 6.17 Å². The third-order valence-corrected chi connectivity index (χ3v) is 8.64. The van der Waals surface area contributed by atoms with E-state index in [1.165, 1.54) is 16.2 Å². The predicted octanol–water partition coefficient (Wildman–Crippen LogP) is 6.43. The zero-order valence-corrected chi connectivity index (χ0v) is 26.6. The van der Waals surface area contributed by atoms with Crippen molar-refractivity contribution in [1.29, 1.82) is 0 Å². The molecule has 2 heterocycles. The average Bonchev–Trinajstić information content (AvgIpc) is 3.42. The lowest BCUT2D eigenvalue weighted by atomic mass is 9.81.